The maximum atomic E-state index is 3.39. The molecule has 2 nitrogen and oxygen atoms in total. The fourth-order valence-corrected chi connectivity index (χ4v) is 3.82. The zero-order valence-corrected chi connectivity index (χ0v) is 12.9. The topological polar surface area (TPSA) is 15.3 Å². The van der Waals surface area contributed by atoms with Gasteiger partial charge in [0.1, 0.15) is 0 Å². The Hall–Kier alpha value is -1.32. The summed E-state index contributed by atoms with van der Waals surface area (Å²) in [6.45, 7) is 6.41. The Labute approximate surface area is 125 Å². The minimum atomic E-state index is 0.998. The molecule has 1 aromatic carbocycles. The quantitative estimate of drug-likeness (QED) is 0.899. The van der Waals surface area contributed by atoms with Gasteiger partial charge in [-0.3, -0.25) is 0 Å². The molecule has 1 N–H and O–H groups in total. The Bertz CT molecular complexity index is 562. The van der Waals surface area contributed by atoms with Crippen molar-refractivity contribution in [2.75, 3.05) is 18.0 Å². The van der Waals surface area contributed by atoms with E-state index < -0.39 is 0 Å². The highest BCUT2D eigenvalue weighted by molar-refractivity contribution is 7.12. The first-order valence-electron chi connectivity index (χ1n) is 7.48. The van der Waals surface area contributed by atoms with Crippen molar-refractivity contribution in [2.24, 2.45) is 0 Å². The molecule has 0 amide bonds. The van der Waals surface area contributed by atoms with Crippen molar-refractivity contribution < 1.29 is 0 Å². The lowest BCUT2D eigenvalue weighted by Crippen LogP contribution is -2.28. The van der Waals surface area contributed by atoms with Gasteiger partial charge < -0.3 is 10.2 Å². The van der Waals surface area contributed by atoms with E-state index in [4.69, 9.17) is 0 Å². The zero-order valence-electron chi connectivity index (χ0n) is 12.1. The molecule has 106 valence electrons. The van der Waals surface area contributed by atoms with Crippen LogP contribution in [0, 0.1) is 0 Å². The monoisotopic (exact) mass is 286 g/mol. The van der Waals surface area contributed by atoms with Crippen molar-refractivity contribution >= 4 is 17.0 Å². The molecule has 0 saturated carbocycles. The fourth-order valence-electron chi connectivity index (χ4n) is 2.81. The van der Waals surface area contributed by atoms with Crippen molar-refractivity contribution in [3.63, 3.8) is 0 Å². The van der Waals surface area contributed by atoms with Crippen molar-refractivity contribution in [2.45, 2.75) is 32.9 Å². The lowest BCUT2D eigenvalue weighted by Gasteiger charge is -2.30. The number of nitrogens with zero attached hydrogens (tertiary/aromatic N) is 1. The molecule has 0 spiro atoms. The number of thiophene rings is 1. The van der Waals surface area contributed by atoms with E-state index in [0.717, 1.165) is 19.6 Å². The van der Waals surface area contributed by atoms with Crippen LogP contribution in [0.5, 0.6) is 0 Å². The standard InChI is InChI=1S/C17H22N2S/c1-2-18-12-15-9-10-16(20-15)13-19-11-5-7-14-6-3-4-8-17(14)19/h3-4,6,8-10,18H,2,5,7,11-13H2,1H3. The van der Waals surface area contributed by atoms with E-state index in [1.807, 2.05) is 11.3 Å². The van der Waals surface area contributed by atoms with Crippen molar-refractivity contribution in [3.05, 3.63) is 51.7 Å². The molecule has 3 rings (SSSR count). The van der Waals surface area contributed by atoms with Crippen molar-refractivity contribution in [1.82, 2.24) is 5.32 Å². The Morgan fingerprint density at radius 1 is 1.15 bits per heavy atom. The summed E-state index contributed by atoms with van der Waals surface area (Å²) in [4.78, 5) is 5.43. The summed E-state index contributed by atoms with van der Waals surface area (Å²) >= 11 is 1.94. The van der Waals surface area contributed by atoms with Crippen molar-refractivity contribution in [1.29, 1.82) is 0 Å². The Balaban J connectivity index is 1.71. The summed E-state index contributed by atoms with van der Waals surface area (Å²) in [5.41, 5.74) is 2.93. The van der Waals surface area contributed by atoms with Gasteiger partial charge in [0.2, 0.25) is 0 Å². The van der Waals surface area contributed by atoms with Gasteiger partial charge in [-0.25, -0.2) is 0 Å². The normalized spacial score (nSPS) is 14.3. The van der Waals surface area contributed by atoms with Gasteiger partial charge in [0.05, 0.1) is 6.54 Å². The summed E-state index contributed by atoms with van der Waals surface area (Å²) in [5.74, 6) is 0. The van der Waals surface area contributed by atoms with E-state index in [9.17, 15) is 0 Å². The van der Waals surface area contributed by atoms with E-state index in [1.54, 1.807) is 0 Å². The van der Waals surface area contributed by atoms with Gasteiger partial charge in [-0.15, -0.1) is 11.3 Å². The highest BCUT2D eigenvalue weighted by atomic mass is 32.1. The summed E-state index contributed by atoms with van der Waals surface area (Å²) in [6, 6.07) is 13.4. The zero-order chi connectivity index (χ0) is 13.8. The molecule has 0 bridgehead atoms. The van der Waals surface area contributed by atoms with Gasteiger partial charge in [0, 0.05) is 28.5 Å². The number of anilines is 1. The van der Waals surface area contributed by atoms with Crippen LogP contribution in [0.4, 0.5) is 5.69 Å². The number of rotatable bonds is 5. The van der Waals surface area contributed by atoms with Crippen molar-refractivity contribution in [3.8, 4) is 0 Å². The highest BCUT2D eigenvalue weighted by Gasteiger charge is 2.16. The molecule has 0 atom stereocenters. The summed E-state index contributed by atoms with van der Waals surface area (Å²) in [5, 5.41) is 3.39. The SMILES string of the molecule is CCNCc1ccc(CN2CCCc3ccccc32)s1. The average molecular weight is 286 g/mol. The second-order valence-electron chi connectivity index (χ2n) is 5.30. The molecule has 1 aliphatic rings. The summed E-state index contributed by atoms with van der Waals surface area (Å²) < 4.78 is 0. The van der Waals surface area contributed by atoms with Gasteiger partial charge in [0.15, 0.2) is 0 Å². The van der Waals surface area contributed by atoms with Crippen LogP contribution in [0.3, 0.4) is 0 Å². The van der Waals surface area contributed by atoms with Gasteiger partial charge in [-0.2, -0.15) is 0 Å². The lowest BCUT2D eigenvalue weighted by molar-refractivity contribution is 0.695. The first-order valence-corrected chi connectivity index (χ1v) is 8.29. The first kappa shape index (κ1) is 13.7. The molecular formula is C17H22N2S. The molecule has 2 heterocycles. The van der Waals surface area contributed by atoms with Crippen LogP contribution in [0.25, 0.3) is 0 Å². The number of nitrogens with one attached hydrogen (secondary N) is 1. The Kier molecular flexibility index (Phi) is 4.38. The molecule has 20 heavy (non-hydrogen) atoms. The van der Waals surface area contributed by atoms with E-state index in [0.29, 0.717) is 0 Å². The number of hydrogen-bond acceptors (Lipinski definition) is 3. The van der Waals surface area contributed by atoms with Crippen LogP contribution in [-0.2, 0) is 19.5 Å². The first-order chi connectivity index (χ1) is 9.86. The number of fused-ring (bicyclic) bond motifs is 1. The summed E-state index contributed by atoms with van der Waals surface area (Å²) in [7, 11) is 0. The number of benzene rings is 1. The third kappa shape index (κ3) is 3.05. The van der Waals surface area contributed by atoms with Gasteiger partial charge in [-0.1, -0.05) is 25.1 Å². The molecule has 3 heteroatoms. The minimum absolute atomic E-state index is 0.998. The minimum Gasteiger partial charge on any atom is -0.366 e. The number of hydrogen-bond donors (Lipinski definition) is 1. The largest absolute Gasteiger partial charge is 0.366 e. The van der Waals surface area contributed by atoms with Crippen LogP contribution in [0.15, 0.2) is 36.4 Å². The Morgan fingerprint density at radius 3 is 2.90 bits per heavy atom. The maximum absolute atomic E-state index is 3.39. The second-order valence-corrected chi connectivity index (χ2v) is 6.56. The van der Waals surface area contributed by atoms with E-state index in [2.05, 4.69) is 53.5 Å². The molecule has 0 saturated heterocycles. The van der Waals surface area contributed by atoms with E-state index >= 15 is 0 Å². The molecule has 1 aliphatic heterocycles. The van der Waals surface area contributed by atoms with E-state index in [1.165, 1.54) is 40.4 Å². The molecule has 0 aliphatic carbocycles. The van der Waals surface area contributed by atoms with Crippen LogP contribution in [0.2, 0.25) is 0 Å². The van der Waals surface area contributed by atoms with Crippen LogP contribution >= 0.6 is 11.3 Å². The third-order valence-corrected chi connectivity index (χ3v) is 4.89. The molecule has 0 fully saturated rings. The molecule has 1 aromatic heterocycles. The van der Waals surface area contributed by atoms with Crippen LogP contribution < -0.4 is 10.2 Å². The van der Waals surface area contributed by atoms with Gasteiger partial charge in [0.25, 0.3) is 0 Å². The third-order valence-electron chi connectivity index (χ3n) is 3.82. The Morgan fingerprint density at radius 2 is 2.00 bits per heavy atom. The maximum Gasteiger partial charge on any atom is 0.0523 e. The molecule has 0 radical (unpaired) electrons. The fraction of sp³-hybridized carbons (Fsp3) is 0.412. The van der Waals surface area contributed by atoms with E-state index in [-0.39, 0.29) is 0 Å². The predicted octanol–water partition coefficient (Wildman–Crippen LogP) is 3.81. The average Bonchev–Trinajstić information content (AvgIpc) is 2.93. The molecule has 0 unspecified atom stereocenters. The predicted molar refractivity (Wildman–Crippen MR) is 87.5 cm³/mol. The molecular weight excluding hydrogens is 264 g/mol. The lowest BCUT2D eigenvalue weighted by atomic mass is 10.0. The van der Waals surface area contributed by atoms with Crippen LogP contribution in [-0.4, -0.2) is 13.1 Å². The number of aryl methyl sites for hydroxylation is 1. The second kappa shape index (κ2) is 6.42. The molecule has 2 aromatic rings. The van der Waals surface area contributed by atoms with Crippen LogP contribution in [0.1, 0.15) is 28.7 Å². The highest BCUT2D eigenvalue weighted by Crippen LogP contribution is 2.29. The smallest absolute Gasteiger partial charge is 0.0523 e. The van der Waals surface area contributed by atoms with Gasteiger partial charge in [-0.05, 0) is 43.1 Å². The number of para-hydroxylation sites is 1. The summed E-state index contributed by atoms with van der Waals surface area (Å²) in [6.07, 6.45) is 2.50. The van der Waals surface area contributed by atoms with Gasteiger partial charge >= 0.3 is 0 Å².